The molecule has 0 bridgehead atoms. The molecule has 6 heteroatoms. The standard InChI is InChI=1S/C10H8N2O4/c1-5-11-7-3-2-6(9(13)14)4-8(7)12(5)10(15)16/h2-4H,1H3,(H,13,14)(H,15,16). The Hall–Kier alpha value is -2.37. The molecule has 0 aliphatic heterocycles. The van der Waals surface area contributed by atoms with Gasteiger partial charge in [-0.05, 0) is 25.1 Å². The number of fused-ring (bicyclic) bond motifs is 1. The quantitative estimate of drug-likeness (QED) is 0.760. The second kappa shape index (κ2) is 3.34. The summed E-state index contributed by atoms with van der Waals surface area (Å²) in [5, 5.41) is 17.8. The minimum absolute atomic E-state index is 0.0369. The maximum atomic E-state index is 11.0. The molecule has 0 fully saturated rings. The summed E-state index contributed by atoms with van der Waals surface area (Å²) in [6.07, 6.45) is -1.18. The first-order valence-electron chi connectivity index (χ1n) is 4.46. The average Bonchev–Trinajstić information content (AvgIpc) is 2.51. The van der Waals surface area contributed by atoms with Crippen molar-refractivity contribution in [1.29, 1.82) is 0 Å². The average molecular weight is 220 g/mol. The van der Waals surface area contributed by atoms with Crippen molar-refractivity contribution in [3.05, 3.63) is 29.6 Å². The molecule has 0 atom stereocenters. The van der Waals surface area contributed by atoms with E-state index in [1.54, 1.807) is 6.92 Å². The molecule has 2 aromatic rings. The molecule has 2 rings (SSSR count). The van der Waals surface area contributed by atoms with Gasteiger partial charge in [0.25, 0.3) is 0 Å². The van der Waals surface area contributed by atoms with Gasteiger partial charge in [-0.25, -0.2) is 19.1 Å². The Bertz CT molecular complexity index is 600. The van der Waals surface area contributed by atoms with E-state index >= 15 is 0 Å². The molecule has 0 spiro atoms. The van der Waals surface area contributed by atoms with Crippen molar-refractivity contribution in [2.75, 3.05) is 0 Å². The van der Waals surface area contributed by atoms with Crippen molar-refractivity contribution in [3.63, 3.8) is 0 Å². The van der Waals surface area contributed by atoms with Gasteiger partial charge in [0.1, 0.15) is 5.82 Å². The van der Waals surface area contributed by atoms with Crippen LogP contribution >= 0.6 is 0 Å². The molecule has 0 aliphatic carbocycles. The minimum atomic E-state index is -1.18. The van der Waals surface area contributed by atoms with E-state index in [0.29, 0.717) is 11.3 Å². The van der Waals surface area contributed by atoms with Gasteiger partial charge in [0.15, 0.2) is 0 Å². The highest BCUT2D eigenvalue weighted by Crippen LogP contribution is 2.17. The summed E-state index contributed by atoms with van der Waals surface area (Å²) in [6.45, 7) is 1.55. The second-order valence-corrected chi connectivity index (χ2v) is 3.29. The van der Waals surface area contributed by atoms with Crippen molar-refractivity contribution in [3.8, 4) is 0 Å². The number of hydrogen-bond acceptors (Lipinski definition) is 3. The lowest BCUT2D eigenvalue weighted by Crippen LogP contribution is -2.09. The largest absolute Gasteiger partial charge is 0.478 e. The van der Waals surface area contributed by atoms with Crippen LogP contribution in [0.25, 0.3) is 11.0 Å². The molecule has 0 saturated heterocycles. The van der Waals surface area contributed by atoms with Gasteiger partial charge in [0.2, 0.25) is 0 Å². The highest BCUT2D eigenvalue weighted by molar-refractivity contribution is 5.94. The van der Waals surface area contributed by atoms with Crippen LogP contribution in [-0.4, -0.2) is 31.8 Å². The number of hydrogen-bond donors (Lipinski definition) is 2. The van der Waals surface area contributed by atoms with E-state index in [4.69, 9.17) is 10.2 Å². The van der Waals surface area contributed by atoms with Crippen LogP contribution in [0.4, 0.5) is 4.79 Å². The van der Waals surface area contributed by atoms with Crippen LogP contribution in [0.1, 0.15) is 16.2 Å². The van der Waals surface area contributed by atoms with Crippen LogP contribution in [0.15, 0.2) is 18.2 Å². The molecular formula is C10H8N2O4. The van der Waals surface area contributed by atoms with E-state index in [-0.39, 0.29) is 11.1 Å². The fourth-order valence-electron chi connectivity index (χ4n) is 1.57. The first-order chi connectivity index (χ1) is 7.50. The lowest BCUT2D eigenvalue weighted by molar-refractivity contribution is 0.0697. The molecule has 0 unspecified atom stereocenters. The van der Waals surface area contributed by atoms with Crippen molar-refractivity contribution < 1.29 is 19.8 Å². The number of aromatic nitrogens is 2. The number of carboxylic acids is 1. The predicted octanol–water partition coefficient (Wildman–Crippen LogP) is 1.57. The van der Waals surface area contributed by atoms with Gasteiger partial charge in [-0.1, -0.05) is 0 Å². The Kier molecular flexibility index (Phi) is 2.12. The fourth-order valence-corrected chi connectivity index (χ4v) is 1.57. The molecule has 16 heavy (non-hydrogen) atoms. The molecule has 6 nitrogen and oxygen atoms in total. The summed E-state index contributed by atoms with van der Waals surface area (Å²) in [6, 6.07) is 4.18. The number of nitrogens with zero attached hydrogens (tertiary/aromatic N) is 2. The fraction of sp³-hybridized carbons (Fsp3) is 0.100. The number of carboxylic acid groups (broad SMARTS) is 2. The predicted molar refractivity (Wildman–Crippen MR) is 54.9 cm³/mol. The summed E-state index contributed by atoms with van der Waals surface area (Å²) >= 11 is 0. The Morgan fingerprint density at radius 2 is 2.00 bits per heavy atom. The monoisotopic (exact) mass is 220 g/mol. The number of carbonyl (C=O) groups is 2. The molecular weight excluding hydrogens is 212 g/mol. The summed E-state index contributed by atoms with van der Waals surface area (Å²) in [5.74, 6) is -0.789. The zero-order valence-electron chi connectivity index (χ0n) is 8.34. The van der Waals surface area contributed by atoms with Crippen LogP contribution in [-0.2, 0) is 0 Å². The summed E-state index contributed by atoms with van der Waals surface area (Å²) in [5.41, 5.74) is 0.782. The van der Waals surface area contributed by atoms with Crippen molar-refractivity contribution in [1.82, 2.24) is 9.55 Å². The number of aryl methyl sites for hydroxylation is 1. The SMILES string of the molecule is Cc1nc2ccc(C(=O)O)cc2n1C(=O)O. The molecule has 1 heterocycles. The number of benzene rings is 1. The summed E-state index contributed by atoms with van der Waals surface area (Å²) in [4.78, 5) is 25.7. The number of rotatable bonds is 1. The number of imidazole rings is 1. The first kappa shape index (κ1) is 10.2. The summed E-state index contributed by atoms with van der Waals surface area (Å²) < 4.78 is 0.960. The van der Waals surface area contributed by atoms with E-state index in [9.17, 15) is 9.59 Å². The van der Waals surface area contributed by atoms with E-state index in [1.165, 1.54) is 18.2 Å². The van der Waals surface area contributed by atoms with Crippen LogP contribution in [0.2, 0.25) is 0 Å². The third-order valence-electron chi connectivity index (χ3n) is 2.26. The second-order valence-electron chi connectivity index (χ2n) is 3.29. The summed E-state index contributed by atoms with van der Waals surface area (Å²) in [7, 11) is 0. The zero-order valence-corrected chi connectivity index (χ0v) is 8.34. The number of aromatic carboxylic acids is 1. The van der Waals surface area contributed by atoms with Gasteiger partial charge >= 0.3 is 12.1 Å². The molecule has 0 aliphatic rings. The van der Waals surface area contributed by atoms with E-state index in [1.807, 2.05) is 0 Å². The van der Waals surface area contributed by atoms with Crippen LogP contribution in [0.3, 0.4) is 0 Å². The molecule has 0 amide bonds. The van der Waals surface area contributed by atoms with Crippen molar-refractivity contribution >= 4 is 23.1 Å². The van der Waals surface area contributed by atoms with Gasteiger partial charge in [0, 0.05) is 0 Å². The Labute approximate surface area is 89.8 Å². The third-order valence-corrected chi connectivity index (χ3v) is 2.26. The van der Waals surface area contributed by atoms with E-state index < -0.39 is 12.1 Å². The molecule has 0 saturated carbocycles. The normalized spacial score (nSPS) is 10.6. The first-order valence-corrected chi connectivity index (χ1v) is 4.46. The third kappa shape index (κ3) is 1.40. The van der Waals surface area contributed by atoms with Crippen LogP contribution in [0, 0.1) is 6.92 Å². The van der Waals surface area contributed by atoms with Gasteiger partial charge in [0.05, 0.1) is 16.6 Å². The maximum Gasteiger partial charge on any atom is 0.417 e. The Balaban J connectivity index is 2.79. The van der Waals surface area contributed by atoms with Crippen molar-refractivity contribution in [2.45, 2.75) is 6.92 Å². The van der Waals surface area contributed by atoms with E-state index in [2.05, 4.69) is 4.98 Å². The van der Waals surface area contributed by atoms with Crippen molar-refractivity contribution in [2.24, 2.45) is 0 Å². The minimum Gasteiger partial charge on any atom is -0.478 e. The molecule has 2 N–H and O–H groups in total. The van der Waals surface area contributed by atoms with Gasteiger partial charge in [-0.15, -0.1) is 0 Å². The van der Waals surface area contributed by atoms with Gasteiger partial charge < -0.3 is 10.2 Å². The van der Waals surface area contributed by atoms with Gasteiger partial charge in [-0.3, -0.25) is 0 Å². The molecule has 1 aromatic carbocycles. The smallest absolute Gasteiger partial charge is 0.417 e. The van der Waals surface area contributed by atoms with Crippen LogP contribution in [0.5, 0.6) is 0 Å². The lowest BCUT2D eigenvalue weighted by Gasteiger charge is -1.99. The lowest BCUT2D eigenvalue weighted by atomic mass is 10.2. The van der Waals surface area contributed by atoms with Crippen LogP contribution < -0.4 is 0 Å². The van der Waals surface area contributed by atoms with Gasteiger partial charge in [-0.2, -0.15) is 0 Å². The molecule has 0 radical (unpaired) electrons. The zero-order chi connectivity index (χ0) is 11.9. The Morgan fingerprint density at radius 1 is 1.31 bits per heavy atom. The highest BCUT2D eigenvalue weighted by Gasteiger charge is 2.14. The molecule has 1 aromatic heterocycles. The molecule has 82 valence electrons. The maximum absolute atomic E-state index is 11.0. The topological polar surface area (TPSA) is 92.4 Å². The Morgan fingerprint density at radius 3 is 2.56 bits per heavy atom. The van der Waals surface area contributed by atoms with E-state index in [0.717, 1.165) is 4.57 Å². The highest BCUT2D eigenvalue weighted by atomic mass is 16.4.